The van der Waals surface area contributed by atoms with E-state index in [4.69, 9.17) is 17.7 Å². The van der Waals surface area contributed by atoms with Crippen LogP contribution >= 0.6 is 12.6 Å². The van der Waals surface area contributed by atoms with Crippen LogP contribution in [-0.2, 0) is 21.3 Å². The molecule has 1 N–H and O–H groups in total. The van der Waals surface area contributed by atoms with Gasteiger partial charge in [-0.15, -0.1) is 0 Å². The molecule has 0 aromatic heterocycles. The van der Waals surface area contributed by atoms with Gasteiger partial charge >= 0.3 is 21.8 Å². The average Bonchev–Trinajstić information content (AvgIpc) is 2.62. The van der Waals surface area contributed by atoms with E-state index in [1.807, 2.05) is 30.3 Å². The number of carbonyl (C=O) groups excluding carboxylic acids is 1. The van der Waals surface area contributed by atoms with E-state index in [1.165, 1.54) is 12.7 Å². The molecule has 1 unspecified atom stereocenters. The van der Waals surface area contributed by atoms with Gasteiger partial charge in [0.15, 0.2) is 0 Å². The van der Waals surface area contributed by atoms with E-state index in [1.54, 1.807) is 12.1 Å². The average molecular weight is 438 g/mol. The molecule has 2 aromatic carbocycles. The number of methoxy groups -OCH3 is 1. The molecule has 11 heteroatoms. The first-order valence-corrected chi connectivity index (χ1v) is 9.51. The number of thiol groups is 1. The van der Waals surface area contributed by atoms with E-state index in [2.05, 4.69) is 29.5 Å². The van der Waals surface area contributed by atoms with Gasteiger partial charge in [0.05, 0.1) is 7.11 Å². The first-order valence-electron chi connectivity index (χ1n) is 7.55. The lowest BCUT2D eigenvalue weighted by Gasteiger charge is -2.12. The number of hydrogen-bond acceptors (Lipinski definition) is 6. The van der Waals surface area contributed by atoms with Gasteiger partial charge in [-0.3, -0.25) is 4.55 Å². The maximum absolute atomic E-state index is 11.0. The monoisotopic (exact) mass is 438 g/mol. The fourth-order valence-corrected chi connectivity index (χ4v) is 2.23. The summed E-state index contributed by atoms with van der Waals surface area (Å²) in [6, 6.07) is 17.5. The lowest BCUT2D eigenvalue weighted by molar-refractivity contribution is -0.0510. The molecule has 0 saturated heterocycles. The second-order valence-corrected chi connectivity index (χ2v) is 7.29. The highest BCUT2D eigenvalue weighted by molar-refractivity contribution is 7.86. The van der Waals surface area contributed by atoms with E-state index >= 15 is 0 Å². The first kappa shape index (κ1) is 23.8. The number of alkyl halides is 3. The summed E-state index contributed by atoms with van der Waals surface area (Å²) in [5.74, 6) is 0.459. The molecular weight excluding hydrogens is 421 g/mol. The Morgan fingerprint density at radius 3 is 2.04 bits per heavy atom. The van der Waals surface area contributed by atoms with Crippen LogP contribution < -0.4 is 4.74 Å². The SMILES string of the molecule is COC(=O)Oc1ccc(C(S)Cc2ccccc2)cc1.O=S(=O)(O)C(F)(F)F. The molecule has 0 bridgehead atoms. The van der Waals surface area contributed by atoms with Gasteiger partial charge in [0.25, 0.3) is 0 Å². The highest BCUT2D eigenvalue weighted by atomic mass is 32.2. The third-order valence-electron chi connectivity index (χ3n) is 3.20. The molecule has 154 valence electrons. The first-order chi connectivity index (χ1) is 12.9. The predicted octanol–water partition coefficient (Wildman–Crippen LogP) is 4.44. The summed E-state index contributed by atoms with van der Waals surface area (Å²) < 4.78 is 66.9. The van der Waals surface area contributed by atoms with E-state index in [-0.39, 0.29) is 5.25 Å². The summed E-state index contributed by atoms with van der Waals surface area (Å²) >= 11 is 4.62. The van der Waals surface area contributed by atoms with Crippen molar-refractivity contribution in [3.8, 4) is 5.75 Å². The Morgan fingerprint density at radius 1 is 1.11 bits per heavy atom. The molecule has 0 fully saturated rings. The van der Waals surface area contributed by atoms with Crippen molar-refractivity contribution in [3.05, 3.63) is 65.7 Å². The van der Waals surface area contributed by atoms with Crippen LogP contribution in [0.4, 0.5) is 18.0 Å². The Bertz CT molecular complexity index is 853. The second kappa shape index (κ2) is 10.3. The zero-order valence-electron chi connectivity index (χ0n) is 14.5. The number of ether oxygens (including phenoxy) is 2. The number of rotatable bonds is 4. The van der Waals surface area contributed by atoms with Crippen molar-refractivity contribution in [2.45, 2.75) is 17.2 Å². The Kier molecular flexibility index (Phi) is 8.79. The van der Waals surface area contributed by atoms with Crippen molar-refractivity contribution in [3.63, 3.8) is 0 Å². The van der Waals surface area contributed by atoms with Crippen molar-refractivity contribution in [1.29, 1.82) is 0 Å². The van der Waals surface area contributed by atoms with Gasteiger partial charge in [-0.05, 0) is 29.7 Å². The molecule has 2 rings (SSSR count). The van der Waals surface area contributed by atoms with Crippen molar-refractivity contribution in [2.24, 2.45) is 0 Å². The van der Waals surface area contributed by atoms with E-state index < -0.39 is 21.8 Å². The van der Waals surface area contributed by atoms with Gasteiger partial charge in [0.1, 0.15) is 5.75 Å². The highest BCUT2D eigenvalue weighted by Gasteiger charge is 2.44. The molecule has 0 radical (unpaired) electrons. The zero-order chi connectivity index (χ0) is 21.4. The largest absolute Gasteiger partial charge is 0.522 e. The second-order valence-electron chi connectivity index (χ2n) is 5.25. The minimum absolute atomic E-state index is 0.101. The number of carbonyl (C=O) groups is 1. The van der Waals surface area contributed by atoms with Gasteiger partial charge in [-0.1, -0.05) is 42.5 Å². The third-order valence-corrected chi connectivity index (χ3v) is 4.26. The van der Waals surface area contributed by atoms with Crippen LogP contribution in [0, 0.1) is 0 Å². The van der Waals surface area contributed by atoms with E-state index in [0.29, 0.717) is 5.75 Å². The molecule has 0 heterocycles. The Balaban J connectivity index is 0.000000416. The summed E-state index contributed by atoms with van der Waals surface area (Å²) in [5.41, 5.74) is -3.22. The Morgan fingerprint density at radius 2 is 1.61 bits per heavy atom. The molecular formula is C17H17F3O6S2. The maximum Gasteiger partial charge on any atom is 0.522 e. The van der Waals surface area contributed by atoms with Crippen LogP contribution in [0.25, 0.3) is 0 Å². The molecule has 6 nitrogen and oxygen atoms in total. The van der Waals surface area contributed by atoms with Gasteiger partial charge in [-0.25, -0.2) is 4.79 Å². The molecule has 0 amide bonds. The summed E-state index contributed by atoms with van der Waals surface area (Å²) in [7, 11) is -4.56. The Labute approximate surface area is 165 Å². The van der Waals surface area contributed by atoms with Gasteiger partial charge in [0, 0.05) is 5.25 Å². The van der Waals surface area contributed by atoms with Gasteiger partial charge < -0.3 is 9.47 Å². The van der Waals surface area contributed by atoms with Gasteiger partial charge in [0.2, 0.25) is 0 Å². The summed E-state index contributed by atoms with van der Waals surface area (Å²) in [6.07, 6.45) is 0.130. The third kappa shape index (κ3) is 8.19. The van der Waals surface area contributed by atoms with Crippen LogP contribution in [0.2, 0.25) is 0 Å². The fourth-order valence-electron chi connectivity index (χ4n) is 1.85. The van der Waals surface area contributed by atoms with E-state index in [9.17, 15) is 18.0 Å². The topological polar surface area (TPSA) is 89.9 Å². The summed E-state index contributed by atoms with van der Waals surface area (Å²) in [5, 5.41) is 0.101. The number of hydrogen-bond donors (Lipinski definition) is 2. The van der Waals surface area contributed by atoms with Crippen LogP contribution in [0.1, 0.15) is 16.4 Å². The number of halogens is 3. The molecule has 2 aromatic rings. The normalized spacial score (nSPS) is 12.4. The summed E-state index contributed by atoms with van der Waals surface area (Å²) in [6.45, 7) is 0. The van der Waals surface area contributed by atoms with Crippen LogP contribution in [0.5, 0.6) is 5.75 Å². The molecule has 0 aliphatic rings. The zero-order valence-corrected chi connectivity index (χ0v) is 16.2. The number of benzene rings is 2. The van der Waals surface area contributed by atoms with E-state index in [0.717, 1.165) is 12.0 Å². The minimum Gasteiger partial charge on any atom is -0.437 e. The molecule has 0 spiro atoms. The predicted molar refractivity (Wildman–Crippen MR) is 99.0 cm³/mol. The lowest BCUT2D eigenvalue weighted by atomic mass is 10.0. The highest BCUT2D eigenvalue weighted by Crippen LogP contribution is 2.26. The van der Waals surface area contributed by atoms with Crippen LogP contribution in [0.15, 0.2) is 54.6 Å². The standard InChI is InChI=1S/C16H16O3S.CHF3O3S/c1-18-16(17)19-14-9-7-13(8-10-14)15(20)11-12-5-3-2-4-6-12;2-1(3,4)8(5,6)7/h2-10,15,20H,11H2,1H3;(H,5,6,7). The molecule has 0 saturated carbocycles. The Hall–Kier alpha value is -2.24. The fraction of sp³-hybridized carbons (Fsp3) is 0.235. The molecule has 28 heavy (non-hydrogen) atoms. The van der Waals surface area contributed by atoms with Crippen molar-refractivity contribution < 1.29 is 40.4 Å². The maximum atomic E-state index is 11.0. The van der Waals surface area contributed by atoms with Crippen molar-refractivity contribution in [2.75, 3.05) is 7.11 Å². The van der Waals surface area contributed by atoms with Gasteiger partial charge in [-0.2, -0.15) is 34.2 Å². The quantitative estimate of drug-likeness (QED) is 0.241. The lowest BCUT2D eigenvalue weighted by Crippen LogP contribution is -2.21. The smallest absolute Gasteiger partial charge is 0.437 e. The molecule has 0 aliphatic heterocycles. The molecule has 0 aliphatic carbocycles. The molecule has 1 atom stereocenters. The van der Waals surface area contributed by atoms with Crippen molar-refractivity contribution in [1.82, 2.24) is 0 Å². The summed E-state index contributed by atoms with van der Waals surface area (Å²) in [4.78, 5) is 11.0. The minimum atomic E-state index is -5.84. The van der Waals surface area contributed by atoms with Crippen molar-refractivity contribution >= 4 is 28.9 Å². The van der Waals surface area contributed by atoms with Crippen LogP contribution in [0.3, 0.4) is 0 Å². The van der Waals surface area contributed by atoms with Crippen LogP contribution in [-0.4, -0.2) is 31.7 Å².